The Labute approximate surface area is 191 Å². The first-order valence-electron chi connectivity index (χ1n) is 9.75. The van der Waals surface area contributed by atoms with Crippen LogP contribution >= 0.6 is 12.6 Å². The zero-order valence-corrected chi connectivity index (χ0v) is 18.6. The van der Waals surface area contributed by atoms with Gasteiger partial charge in [0.25, 0.3) is 5.91 Å². The van der Waals surface area contributed by atoms with Crippen LogP contribution in [0.25, 0.3) is 10.8 Å². The third-order valence-corrected chi connectivity index (χ3v) is 5.78. The quantitative estimate of drug-likeness (QED) is 0.572. The molecule has 4 rings (SSSR count). The number of ether oxygens (including phenoxy) is 3. The molecule has 1 amide bonds. The van der Waals surface area contributed by atoms with Gasteiger partial charge < -0.3 is 24.4 Å². The summed E-state index contributed by atoms with van der Waals surface area (Å²) in [5.41, 5.74) is 1.40. The fraction of sp³-hybridized carbons (Fsp3) is 0.167. The minimum atomic E-state index is -0.674. The van der Waals surface area contributed by atoms with Crippen molar-refractivity contribution in [2.75, 3.05) is 26.2 Å². The van der Waals surface area contributed by atoms with E-state index in [1.807, 2.05) is 53.4 Å². The van der Waals surface area contributed by atoms with E-state index in [-0.39, 0.29) is 10.6 Å². The van der Waals surface area contributed by atoms with Crippen molar-refractivity contribution in [3.63, 3.8) is 0 Å². The Morgan fingerprint density at radius 3 is 2.28 bits per heavy atom. The first-order valence-corrected chi connectivity index (χ1v) is 10.2. The molecule has 0 aliphatic carbocycles. The Morgan fingerprint density at radius 2 is 1.66 bits per heavy atom. The molecule has 1 heterocycles. The topological polar surface area (TPSA) is 83.8 Å². The number of thiol groups is 1. The summed E-state index contributed by atoms with van der Waals surface area (Å²) in [6.45, 7) is 0. The van der Waals surface area contributed by atoms with E-state index in [9.17, 15) is 10.1 Å². The van der Waals surface area contributed by atoms with Crippen molar-refractivity contribution >= 4 is 35.0 Å². The lowest BCUT2D eigenvalue weighted by molar-refractivity contribution is -0.118. The number of nitriles is 1. The van der Waals surface area contributed by atoms with Gasteiger partial charge in [0.2, 0.25) is 5.75 Å². The van der Waals surface area contributed by atoms with Crippen molar-refractivity contribution < 1.29 is 19.0 Å². The van der Waals surface area contributed by atoms with Gasteiger partial charge >= 0.3 is 0 Å². The van der Waals surface area contributed by atoms with Crippen LogP contribution in [-0.2, 0) is 4.79 Å². The summed E-state index contributed by atoms with van der Waals surface area (Å²) in [5, 5.41) is 14.7. The number of anilines is 1. The molecule has 0 saturated carbocycles. The van der Waals surface area contributed by atoms with Crippen LogP contribution in [0.5, 0.6) is 17.2 Å². The maximum atomic E-state index is 12.7. The van der Waals surface area contributed by atoms with Gasteiger partial charge in [-0.15, -0.1) is 12.6 Å². The first kappa shape index (κ1) is 21.4. The molecule has 1 unspecified atom stereocenters. The van der Waals surface area contributed by atoms with Gasteiger partial charge in [-0.25, -0.2) is 0 Å². The molecule has 3 aromatic rings. The summed E-state index contributed by atoms with van der Waals surface area (Å²) in [6, 6.07) is 19.2. The summed E-state index contributed by atoms with van der Waals surface area (Å²) in [7, 11) is 4.58. The highest BCUT2D eigenvalue weighted by Gasteiger charge is 2.35. The van der Waals surface area contributed by atoms with Crippen LogP contribution in [0.2, 0.25) is 0 Å². The molecule has 0 radical (unpaired) electrons. The Morgan fingerprint density at radius 1 is 1.00 bits per heavy atom. The van der Waals surface area contributed by atoms with Crippen LogP contribution in [0.15, 0.2) is 65.2 Å². The summed E-state index contributed by atoms with van der Waals surface area (Å²) in [6.07, 6.45) is -0.674. The summed E-state index contributed by atoms with van der Waals surface area (Å²) >= 11 is 4.61. The highest BCUT2D eigenvalue weighted by atomic mass is 32.1. The van der Waals surface area contributed by atoms with E-state index in [0.717, 1.165) is 16.5 Å². The molecule has 162 valence electrons. The predicted molar refractivity (Wildman–Crippen MR) is 125 cm³/mol. The molecule has 7 nitrogen and oxygen atoms in total. The maximum Gasteiger partial charge on any atom is 0.266 e. The van der Waals surface area contributed by atoms with Crippen molar-refractivity contribution in [1.29, 1.82) is 5.26 Å². The van der Waals surface area contributed by atoms with Gasteiger partial charge in [0.05, 0.1) is 32.0 Å². The fourth-order valence-electron chi connectivity index (χ4n) is 3.87. The van der Waals surface area contributed by atoms with Crippen LogP contribution in [0.3, 0.4) is 0 Å². The summed E-state index contributed by atoms with van der Waals surface area (Å²) in [4.78, 5) is 14.6. The van der Waals surface area contributed by atoms with Crippen molar-refractivity contribution in [3.05, 3.63) is 70.8 Å². The van der Waals surface area contributed by atoms with Crippen LogP contribution in [0.1, 0.15) is 11.7 Å². The largest absolute Gasteiger partial charge is 0.493 e. The predicted octanol–water partition coefficient (Wildman–Crippen LogP) is 4.17. The summed E-state index contributed by atoms with van der Waals surface area (Å²) in [5.74, 6) is 0.833. The number of nitrogens with zero attached hydrogens (tertiary/aromatic N) is 2. The Balaban J connectivity index is 1.98. The number of hydrogen-bond donors (Lipinski definition) is 2. The van der Waals surface area contributed by atoms with Gasteiger partial charge in [0.1, 0.15) is 17.8 Å². The maximum absolute atomic E-state index is 12.7. The van der Waals surface area contributed by atoms with Crippen LogP contribution < -0.4 is 24.4 Å². The van der Waals surface area contributed by atoms with Crippen molar-refractivity contribution in [3.8, 4) is 23.3 Å². The minimum Gasteiger partial charge on any atom is -0.493 e. The average molecular weight is 448 g/mol. The van der Waals surface area contributed by atoms with E-state index in [2.05, 4.69) is 17.9 Å². The SMILES string of the molecule is COc1cc(C2NC(=O)C(C#N)=C(S)N2c2cccc3ccccc23)cc(OC)c1OC. The van der Waals surface area contributed by atoms with Crippen LogP contribution in [-0.4, -0.2) is 27.2 Å². The molecule has 0 fully saturated rings. The molecule has 0 saturated heterocycles. The second kappa shape index (κ2) is 8.73. The number of carbonyl (C=O) groups is 1. The number of carbonyl (C=O) groups excluding carboxylic acids is 1. The van der Waals surface area contributed by atoms with E-state index >= 15 is 0 Å². The number of amides is 1. The van der Waals surface area contributed by atoms with Gasteiger partial charge in [0.15, 0.2) is 11.5 Å². The lowest BCUT2D eigenvalue weighted by Gasteiger charge is -2.38. The lowest BCUT2D eigenvalue weighted by Crippen LogP contribution is -2.46. The molecule has 0 bridgehead atoms. The number of rotatable bonds is 5. The second-order valence-electron chi connectivity index (χ2n) is 7.01. The third-order valence-electron chi connectivity index (χ3n) is 5.35. The molecular weight excluding hydrogens is 426 g/mol. The molecule has 32 heavy (non-hydrogen) atoms. The average Bonchev–Trinajstić information content (AvgIpc) is 2.82. The zero-order valence-electron chi connectivity index (χ0n) is 17.7. The number of methoxy groups -OCH3 is 3. The number of nitrogens with one attached hydrogen (secondary N) is 1. The van der Waals surface area contributed by atoms with Crippen LogP contribution in [0.4, 0.5) is 5.69 Å². The Bertz CT molecular complexity index is 1250. The monoisotopic (exact) mass is 447 g/mol. The van der Waals surface area contributed by atoms with Crippen LogP contribution in [0, 0.1) is 11.3 Å². The molecule has 0 aromatic heterocycles. The smallest absolute Gasteiger partial charge is 0.266 e. The fourth-order valence-corrected chi connectivity index (χ4v) is 4.24. The Hall–Kier alpha value is -3.83. The second-order valence-corrected chi connectivity index (χ2v) is 7.44. The van der Waals surface area contributed by atoms with E-state index in [0.29, 0.717) is 22.8 Å². The molecule has 1 aliphatic heterocycles. The zero-order chi connectivity index (χ0) is 22.8. The van der Waals surface area contributed by atoms with E-state index in [1.165, 1.54) is 21.3 Å². The lowest BCUT2D eigenvalue weighted by atomic mass is 10.0. The number of fused-ring (bicyclic) bond motifs is 1. The van der Waals surface area contributed by atoms with E-state index < -0.39 is 12.1 Å². The third kappa shape index (κ3) is 3.47. The molecule has 3 aromatic carbocycles. The molecule has 0 spiro atoms. The highest BCUT2D eigenvalue weighted by Crippen LogP contribution is 2.44. The highest BCUT2D eigenvalue weighted by molar-refractivity contribution is 7.84. The number of benzene rings is 3. The van der Waals surface area contributed by atoms with Gasteiger partial charge in [-0.3, -0.25) is 4.79 Å². The van der Waals surface area contributed by atoms with Gasteiger partial charge in [-0.1, -0.05) is 36.4 Å². The van der Waals surface area contributed by atoms with Crippen molar-refractivity contribution in [2.24, 2.45) is 0 Å². The van der Waals surface area contributed by atoms with E-state index in [4.69, 9.17) is 14.2 Å². The first-order chi connectivity index (χ1) is 15.5. The summed E-state index contributed by atoms with van der Waals surface area (Å²) < 4.78 is 16.4. The molecule has 1 aliphatic rings. The molecular formula is C24H21N3O4S. The minimum absolute atomic E-state index is 0.0649. The van der Waals surface area contributed by atoms with Crippen molar-refractivity contribution in [2.45, 2.75) is 6.17 Å². The number of hydrogen-bond acceptors (Lipinski definition) is 7. The molecule has 8 heteroatoms. The Kier molecular flexibility index (Phi) is 5.84. The standard InChI is InChI=1S/C24H21N3O4S/c1-29-19-11-15(12-20(30-2)21(19)31-3)22-26-23(28)17(13-25)24(32)27(22)18-10-6-8-14-7-4-5-9-16(14)18/h4-12,22,32H,1-3H3,(H,26,28). The van der Waals surface area contributed by atoms with Gasteiger partial charge in [-0.2, -0.15) is 5.26 Å². The van der Waals surface area contributed by atoms with Crippen molar-refractivity contribution in [1.82, 2.24) is 5.32 Å². The molecule has 1 atom stereocenters. The normalized spacial score (nSPS) is 15.9. The molecule has 1 N–H and O–H groups in total. The van der Waals surface area contributed by atoms with E-state index in [1.54, 1.807) is 12.1 Å². The van der Waals surface area contributed by atoms with Gasteiger partial charge in [0, 0.05) is 10.9 Å². The van der Waals surface area contributed by atoms with Gasteiger partial charge in [-0.05, 0) is 23.6 Å².